The standard InChI is InChI=1S/C57H50N2S.2C2H6/c1-39-17-5-7-22-50(39)58(51-23-8-6-18-40(51)2)43-32-34-46-45-33-30-41(37-48(45)57(3,4)49(46)38-43)29-31-42-19-15-21-47-44(42)20-16-26-52(47)59-53-24-9-11-27-55(53)60(35-13-14-36-60)56-28-12-10-25-54(56)59;2*1-2/h5-12,15-34,37-38H,13-14,35-36H2,1-4H3;2*1-2H3/b31-29+;;. The fourth-order valence-electron chi connectivity index (χ4n) is 10.6. The summed E-state index contributed by atoms with van der Waals surface area (Å²) in [5.41, 5.74) is 17.7. The second-order valence-electron chi connectivity index (χ2n) is 17.4. The molecule has 2 nitrogen and oxygen atoms in total. The van der Waals surface area contributed by atoms with Gasteiger partial charge < -0.3 is 9.80 Å². The Morgan fingerprint density at radius 3 is 1.64 bits per heavy atom. The maximum atomic E-state index is 2.56. The van der Waals surface area contributed by atoms with Crippen molar-refractivity contribution in [2.24, 2.45) is 0 Å². The van der Waals surface area contributed by atoms with Crippen molar-refractivity contribution < 1.29 is 0 Å². The number of benzene rings is 8. The van der Waals surface area contributed by atoms with Gasteiger partial charge in [0.25, 0.3) is 0 Å². The molecule has 322 valence electrons. The lowest BCUT2D eigenvalue weighted by Gasteiger charge is -2.47. The van der Waals surface area contributed by atoms with Gasteiger partial charge in [-0.2, -0.15) is 10.0 Å². The molecule has 2 heterocycles. The number of hydrogen-bond acceptors (Lipinski definition) is 2. The van der Waals surface area contributed by atoms with Gasteiger partial charge in [0, 0.05) is 37.7 Å². The van der Waals surface area contributed by atoms with Crippen LogP contribution >= 0.6 is 10.0 Å². The molecule has 0 saturated carbocycles. The molecule has 0 atom stereocenters. The van der Waals surface area contributed by atoms with Crippen LogP contribution in [0.4, 0.5) is 34.1 Å². The Morgan fingerprint density at radius 1 is 0.500 bits per heavy atom. The second-order valence-corrected chi connectivity index (χ2v) is 20.9. The summed E-state index contributed by atoms with van der Waals surface area (Å²) in [5.74, 6) is 2.60. The van der Waals surface area contributed by atoms with Crippen molar-refractivity contribution in [1.29, 1.82) is 0 Å². The molecule has 0 radical (unpaired) electrons. The molecule has 0 aromatic heterocycles. The van der Waals surface area contributed by atoms with Gasteiger partial charge in [-0.15, -0.1) is 0 Å². The Balaban J connectivity index is 0.00000126. The topological polar surface area (TPSA) is 6.48 Å². The monoisotopic (exact) mass is 854 g/mol. The number of rotatable bonds is 6. The Morgan fingerprint density at radius 2 is 1.02 bits per heavy atom. The first-order valence-corrected chi connectivity index (χ1v) is 25.5. The van der Waals surface area contributed by atoms with Crippen molar-refractivity contribution in [1.82, 2.24) is 0 Å². The summed E-state index contributed by atoms with van der Waals surface area (Å²) < 4.78 is 0. The molecular formula is C61H62N2S. The van der Waals surface area contributed by atoms with E-state index >= 15 is 0 Å². The highest BCUT2D eigenvalue weighted by molar-refractivity contribution is 8.34. The molecule has 2 aliphatic heterocycles. The minimum atomic E-state index is -1.04. The van der Waals surface area contributed by atoms with Crippen LogP contribution in [0.15, 0.2) is 180 Å². The quantitative estimate of drug-likeness (QED) is 0.154. The Labute approximate surface area is 384 Å². The summed E-state index contributed by atoms with van der Waals surface area (Å²) in [6, 6.07) is 63.8. The molecule has 0 N–H and O–H groups in total. The van der Waals surface area contributed by atoms with E-state index in [9.17, 15) is 0 Å². The van der Waals surface area contributed by atoms with Crippen molar-refractivity contribution in [3.05, 3.63) is 203 Å². The first-order chi connectivity index (χ1) is 31.3. The lowest BCUT2D eigenvalue weighted by atomic mass is 9.81. The SMILES string of the molecule is CC.CC.Cc1ccccc1N(c1ccc2c(c1)C(C)(C)c1cc(/C=C/c3cccc4c(N5c6ccccc6S6(CCCC6)c6ccccc65)cccc34)ccc1-2)c1ccccc1C. The number of aryl methyl sites for hydroxylation is 2. The molecule has 1 fully saturated rings. The van der Waals surface area contributed by atoms with Crippen LogP contribution in [0.2, 0.25) is 0 Å². The van der Waals surface area contributed by atoms with E-state index in [0.29, 0.717) is 0 Å². The van der Waals surface area contributed by atoms with Crippen molar-refractivity contribution in [2.75, 3.05) is 21.3 Å². The first-order valence-electron chi connectivity index (χ1n) is 23.5. The van der Waals surface area contributed by atoms with E-state index in [-0.39, 0.29) is 5.41 Å². The minimum Gasteiger partial charge on any atom is -0.310 e. The van der Waals surface area contributed by atoms with Crippen molar-refractivity contribution >= 4 is 67.1 Å². The third-order valence-electron chi connectivity index (χ3n) is 13.6. The Kier molecular flexibility index (Phi) is 11.9. The molecule has 1 aliphatic carbocycles. The van der Waals surface area contributed by atoms with Gasteiger partial charge >= 0.3 is 0 Å². The van der Waals surface area contributed by atoms with Crippen molar-refractivity contribution in [2.45, 2.75) is 83.4 Å². The third kappa shape index (κ3) is 7.06. The van der Waals surface area contributed by atoms with Gasteiger partial charge in [-0.25, -0.2) is 0 Å². The molecule has 3 heteroatoms. The molecule has 0 bridgehead atoms. The third-order valence-corrected chi connectivity index (χ3v) is 17.9. The van der Waals surface area contributed by atoms with Gasteiger partial charge in [0.1, 0.15) is 0 Å². The minimum absolute atomic E-state index is 0.165. The fraction of sp³-hybridized carbons (Fsp3) is 0.213. The lowest BCUT2D eigenvalue weighted by Crippen LogP contribution is -2.22. The van der Waals surface area contributed by atoms with Crippen LogP contribution in [0.5, 0.6) is 0 Å². The van der Waals surface area contributed by atoms with Crippen LogP contribution < -0.4 is 9.80 Å². The fourth-order valence-corrected chi connectivity index (χ4v) is 15.1. The van der Waals surface area contributed by atoms with Gasteiger partial charge in [-0.05, 0) is 143 Å². The van der Waals surface area contributed by atoms with Crippen molar-refractivity contribution in [3.8, 4) is 11.1 Å². The van der Waals surface area contributed by atoms with E-state index in [4.69, 9.17) is 0 Å². The van der Waals surface area contributed by atoms with Gasteiger partial charge in [0.15, 0.2) is 0 Å². The summed E-state index contributed by atoms with van der Waals surface area (Å²) in [6.07, 6.45) is 7.26. The highest BCUT2D eigenvalue weighted by atomic mass is 32.3. The summed E-state index contributed by atoms with van der Waals surface area (Å²) in [5, 5.41) is 2.54. The molecular weight excluding hydrogens is 793 g/mol. The molecule has 8 aromatic rings. The zero-order valence-corrected chi connectivity index (χ0v) is 39.8. The Hall–Kier alpha value is -6.29. The maximum absolute atomic E-state index is 2.56. The van der Waals surface area contributed by atoms with E-state index in [1.165, 1.54) is 114 Å². The zero-order chi connectivity index (χ0) is 44.6. The largest absolute Gasteiger partial charge is 0.310 e. The normalized spacial score (nSPS) is 15.3. The highest BCUT2D eigenvalue weighted by Crippen LogP contribution is 2.74. The van der Waals surface area contributed by atoms with Gasteiger partial charge in [-0.3, -0.25) is 0 Å². The molecule has 0 amide bonds. The van der Waals surface area contributed by atoms with E-state index in [2.05, 4.69) is 220 Å². The number of nitrogens with zero attached hydrogens (tertiary/aromatic N) is 2. The molecule has 0 unspecified atom stereocenters. The first kappa shape index (κ1) is 43.0. The van der Waals surface area contributed by atoms with Crippen LogP contribution in [0.1, 0.15) is 87.8 Å². The summed E-state index contributed by atoms with van der Waals surface area (Å²) in [4.78, 5) is 8.11. The van der Waals surface area contributed by atoms with E-state index in [0.717, 1.165) is 0 Å². The van der Waals surface area contributed by atoms with Crippen LogP contribution in [-0.4, -0.2) is 11.5 Å². The van der Waals surface area contributed by atoms with Crippen LogP contribution in [0, 0.1) is 13.8 Å². The zero-order valence-electron chi connectivity index (χ0n) is 39.0. The predicted molar refractivity (Wildman–Crippen MR) is 282 cm³/mol. The molecule has 11 rings (SSSR count). The van der Waals surface area contributed by atoms with E-state index in [1.807, 2.05) is 27.7 Å². The maximum Gasteiger partial charge on any atom is 0.0586 e. The van der Waals surface area contributed by atoms with Crippen LogP contribution in [0.25, 0.3) is 34.1 Å². The second kappa shape index (κ2) is 17.7. The number of fused-ring (bicyclic) bond motifs is 8. The number of hydrogen-bond donors (Lipinski definition) is 0. The lowest BCUT2D eigenvalue weighted by molar-refractivity contribution is 0.660. The summed E-state index contributed by atoms with van der Waals surface area (Å²) in [7, 11) is -1.04. The molecule has 1 spiro atoms. The van der Waals surface area contributed by atoms with E-state index < -0.39 is 10.0 Å². The van der Waals surface area contributed by atoms with Gasteiger partial charge in [-0.1, -0.05) is 169 Å². The predicted octanol–water partition coefficient (Wildman–Crippen LogP) is 18.3. The van der Waals surface area contributed by atoms with Crippen molar-refractivity contribution in [3.63, 3.8) is 0 Å². The van der Waals surface area contributed by atoms with Crippen LogP contribution in [-0.2, 0) is 5.41 Å². The number of para-hydroxylation sites is 4. The Bertz CT molecular complexity index is 2930. The molecule has 1 saturated heterocycles. The highest BCUT2D eigenvalue weighted by Gasteiger charge is 2.42. The molecule has 8 aromatic carbocycles. The average Bonchev–Trinajstić information content (AvgIpc) is 3.92. The summed E-state index contributed by atoms with van der Waals surface area (Å²) >= 11 is 0. The van der Waals surface area contributed by atoms with E-state index in [1.54, 1.807) is 9.79 Å². The summed E-state index contributed by atoms with van der Waals surface area (Å²) in [6.45, 7) is 17.2. The van der Waals surface area contributed by atoms with Gasteiger partial charge in [0.05, 0.1) is 17.1 Å². The smallest absolute Gasteiger partial charge is 0.0586 e. The number of anilines is 6. The van der Waals surface area contributed by atoms with Crippen LogP contribution in [0.3, 0.4) is 0 Å². The average molecular weight is 855 g/mol. The molecule has 64 heavy (non-hydrogen) atoms. The van der Waals surface area contributed by atoms with Gasteiger partial charge in [0.2, 0.25) is 0 Å². The molecule has 3 aliphatic rings.